The summed E-state index contributed by atoms with van der Waals surface area (Å²) >= 11 is 0. The van der Waals surface area contributed by atoms with E-state index in [-0.39, 0.29) is 17.9 Å². The number of benzene rings is 1. The fourth-order valence-electron chi connectivity index (χ4n) is 3.04. The zero-order valence-corrected chi connectivity index (χ0v) is 14.0. The van der Waals surface area contributed by atoms with Crippen molar-refractivity contribution in [3.8, 4) is 0 Å². The maximum Gasteiger partial charge on any atom is 0.250 e. The van der Waals surface area contributed by atoms with Crippen LogP contribution in [0, 0.1) is 6.92 Å². The van der Waals surface area contributed by atoms with E-state index in [2.05, 4.69) is 22.3 Å². The van der Waals surface area contributed by atoms with E-state index >= 15 is 0 Å². The van der Waals surface area contributed by atoms with Gasteiger partial charge < -0.3 is 14.8 Å². The van der Waals surface area contributed by atoms with Crippen molar-refractivity contribution in [2.45, 2.75) is 32.7 Å². The van der Waals surface area contributed by atoms with E-state index in [1.165, 1.54) is 24.6 Å². The first-order valence-corrected chi connectivity index (χ1v) is 8.44. The van der Waals surface area contributed by atoms with E-state index in [4.69, 9.17) is 0 Å². The van der Waals surface area contributed by atoms with Gasteiger partial charge in [-0.1, -0.05) is 6.07 Å². The second kappa shape index (κ2) is 7.34. The molecule has 5 nitrogen and oxygen atoms in total. The molecule has 1 N–H and O–H groups in total. The lowest BCUT2D eigenvalue weighted by molar-refractivity contribution is -0.116. The Kier molecular flexibility index (Phi) is 4.99. The maximum absolute atomic E-state index is 12.2. The maximum atomic E-state index is 12.2. The van der Waals surface area contributed by atoms with E-state index in [1.807, 2.05) is 13.0 Å². The summed E-state index contributed by atoms with van der Waals surface area (Å²) in [5.74, 6) is -0.0808. The largest absolute Gasteiger partial charge is 0.372 e. The Morgan fingerprint density at radius 1 is 1.17 bits per heavy atom. The fraction of sp³-hybridized carbons (Fsp3) is 0.368. The van der Waals surface area contributed by atoms with Gasteiger partial charge in [-0.3, -0.25) is 9.59 Å². The van der Waals surface area contributed by atoms with Crippen molar-refractivity contribution in [2.75, 3.05) is 23.3 Å². The van der Waals surface area contributed by atoms with E-state index in [0.29, 0.717) is 6.54 Å². The van der Waals surface area contributed by atoms with Crippen LogP contribution in [0.25, 0.3) is 0 Å². The number of hydrogen-bond donors (Lipinski definition) is 1. The van der Waals surface area contributed by atoms with Crippen LogP contribution in [0.2, 0.25) is 0 Å². The van der Waals surface area contributed by atoms with E-state index < -0.39 is 0 Å². The second-order valence-electron chi connectivity index (χ2n) is 6.22. The summed E-state index contributed by atoms with van der Waals surface area (Å²) in [4.78, 5) is 26.2. The molecule has 0 saturated carbocycles. The monoisotopic (exact) mass is 325 g/mol. The molecule has 0 unspecified atom stereocenters. The molecular weight excluding hydrogens is 302 g/mol. The molecule has 0 bridgehead atoms. The second-order valence-corrected chi connectivity index (χ2v) is 6.22. The summed E-state index contributed by atoms with van der Waals surface area (Å²) in [6, 6.07) is 11.2. The lowest BCUT2D eigenvalue weighted by Crippen LogP contribution is -2.22. The van der Waals surface area contributed by atoms with Crippen molar-refractivity contribution >= 4 is 17.3 Å². The van der Waals surface area contributed by atoms with E-state index in [1.54, 1.807) is 22.9 Å². The standard InChI is InChI=1S/C19H23N3O2/c1-15-14-16(21-10-4-5-11-21)7-8-17(15)20-18(23)9-13-22-12-3-2-6-19(22)24/h2-3,6-8,12,14H,4-5,9-11,13H2,1H3,(H,20,23). The number of aryl methyl sites for hydroxylation is 2. The van der Waals surface area contributed by atoms with Gasteiger partial charge in [0.15, 0.2) is 0 Å². The summed E-state index contributed by atoms with van der Waals surface area (Å²) in [7, 11) is 0. The van der Waals surface area contributed by atoms with Gasteiger partial charge in [0.1, 0.15) is 0 Å². The van der Waals surface area contributed by atoms with Crippen molar-refractivity contribution in [1.82, 2.24) is 4.57 Å². The third kappa shape index (κ3) is 3.85. The van der Waals surface area contributed by atoms with Crippen LogP contribution in [-0.2, 0) is 11.3 Å². The average Bonchev–Trinajstić information content (AvgIpc) is 3.10. The van der Waals surface area contributed by atoms with Gasteiger partial charge in [0, 0.05) is 49.7 Å². The smallest absolute Gasteiger partial charge is 0.250 e. The van der Waals surface area contributed by atoms with E-state index in [9.17, 15) is 9.59 Å². The molecule has 1 aliphatic heterocycles. The number of rotatable bonds is 5. The highest BCUT2D eigenvalue weighted by Gasteiger charge is 2.13. The van der Waals surface area contributed by atoms with Gasteiger partial charge in [-0.2, -0.15) is 0 Å². The highest BCUT2D eigenvalue weighted by atomic mass is 16.1. The van der Waals surface area contributed by atoms with Crippen LogP contribution < -0.4 is 15.8 Å². The van der Waals surface area contributed by atoms with Gasteiger partial charge >= 0.3 is 0 Å². The number of nitrogens with zero attached hydrogens (tertiary/aromatic N) is 2. The summed E-state index contributed by atoms with van der Waals surface area (Å²) < 4.78 is 1.54. The molecule has 126 valence electrons. The molecule has 1 saturated heterocycles. The van der Waals surface area contributed by atoms with Gasteiger partial charge in [-0.25, -0.2) is 0 Å². The van der Waals surface area contributed by atoms with Crippen LogP contribution in [0.5, 0.6) is 0 Å². The SMILES string of the molecule is Cc1cc(N2CCCC2)ccc1NC(=O)CCn1ccccc1=O. The summed E-state index contributed by atoms with van der Waals surface area (Å²) in [6.45, 7) is 4.61. The Hall–Kier alpha value is -2.56. The molecule has 0 atom stereocenters. The Morgan fingerprint density at radius 3 is 2.67 bits per heavy atom. The summed E-state index contributed by atoms with van der Waals surface area (Å²) in [5, 5.41) is 2.94. The van der Waals surface area contributed by atoms with Crippen molar-refractivity contribution in [1.29, 1.82) is 0 Å². The zero-order chi connectivity index (χ0) is 16.9. The predicted octanol–water partition coefficient (Wildman–Crippen LogP) is 2.79. The first-order valence-electron chi connectivity index (χ1n) is 8.44. The van der Waals surface area contributed by atoms with Crippen molar-refractivity contribution in [2.24, 2.45) is 0 Å². The van der Waals surface area contributed by atoms with Crippen LogP contribution in [0.4, 0.5) is 11.4 Å². The number of aromatic nitrogens is 1. The number of nitrogens with one attached hydrogen (secondary N) is 1. The molecular formula is C19H23N3O2. The fourth-order valence-corrected chi connectivity index (χ4v) is 3.04. The molecule has 0 spiro atoms. The predicted molar refractivity (Wildman–Crippen MR) is 96.6 cm³/mol. The summed E-state index contributed by atoms with van der Waals surface area (Å²) in [6.07, 6.45) is 4.47. The minimum atomic E-state index is -0.0866. The molecule has 3 rings (SSSR count). The first-order chi connectivity index (χ1) is 11.6. The lowest BCUT2D eigenvalue weighted by Gasteiger charge is -2.19. The number of carbonyl (C=O) groups is 1. The number of carbonyl (C=O) groups excluding carboxylic acids is 1. The van der Waals surface area contributed by atoms with Gasteiger partial charge in [-0.15, -0.1) is 0 Å². The van der Waals surface area contributed by atoms with Crippen LogP contribution in [0.1, 0.15) is 24.8 Å². The third-order valence-corrected chi connectivity index (χ3v) is 4.43. The minimum absolute atomic E-state index is 0.0808. The number of hydrogen-bond acceptors (Lipinski definition) is 3. The molecule has 0 radical (unpaired) electrons. The Morgan fingerprint density at radius 2 is 1.96 bits per heavy atom. The van der Waals surface area contributed by atoms with Crippen LogP contribution in [0.3, 0.4) is 0 Å². The number of anilines is 2. The normalized spacial score (nSPS) is 14.0. The highest BCUT2D eigenvalue weighted by Crippen LogP contribution is 2.25. The highest BCUT2D eigenvalue weighted by molar-refractivity contribution is 5.91. The first kappa shape index (κ1) is 16.3. The lowest BCUT2D eigenvalue weighted by atomic mass is 10.1. The van der Waals surface area contributed by atoms with Gasteiger partial charge in [-0.05, 0) is 49.6 Å². The van der Waals surface area contributed by atoms with Crippen LogP contribution in [0.15, 0.2) is 47.4 Å². The van der Waals surface area contributed by atoms with Crippen LogP contribution >= 0.6 is 0 Å². The Balaban J connectivity index is 1.60. The molecule has 5 heteroatoms. The molecule has 1 aromatic heterocycles. The minimum Gasteiger partial charge on any atom is -0.372 e. The average molecular weight is 325 g/mol. The number of pyridine rings is 1. The molecule has 2 aromatic rings. The molecule has 1 aromatic carbocycles. The molecule has 1 amide bonds. The molecule has 1 aliphatic rings. The summed E-state index contributed by atoms with van der Waals surface area (Å²) in [5.41, 5.74) is 3.03. The van der Waals surface area contributed by atoms with Gasteiger partial charge in [0.2, 0.25) is 5.91 Å². The van der Waals surface area contributed by atoms with E-state index in [0.717, 1.165) is 24.3 Å². The van der Waals surface area contributed by atoms with Gasteiger partial charge in [0.05, 0.1) is 0 Å². The van der Waals surface area contributed by atoms with Crippen molar-refractivity contribution < 1.29 is 4.79 Å². The molecule has 2 heterocycles. The van der Waals surface area contributed by atoms with Crippen molar-refractivity contribution in [3.05, 3.63) is 58.5 Å². The topological polar surface area (TPSA) is 54.3 Å². The quantitative estimate of drug-likeness (QED) is 0.920. The molecule has 0 aliphatic carbocycles. The Bertz CT molecular complexity index is 776. The van der Waals surface area contributed by atoms with Crippen molar-refractivity contribution in [3.63, 3.8) is 0 Å². The third-order valence-electron chi connectivity index (χ3n) is 4.43. The zero-order valence-electron chi connectivity index (χ0n) is 14.0. The van der Waals surface area contributed by atoms with Crippen LogP contribution in [-0.4, -0.2) is 23.6 Å². The molecule has 1 fully saturated rings. The number of amides is 1. The molecule has 24 heavy (non-hydrogen) atoms. The Labute approximate surface area is 141 Å². The van der Waals surface area contributed by atoms with Gasteiger partial charge in [0.25, 0.3) is 5.56 Å².